The first kappa shape index (κ1) is 26.6. The van der Waals surface area contributed by atoms with Crippen LogP contribution >= 0.6 is 0 Å². The Labute approximate surface area is 142 Å². The fourth-order valence-corrected chi connectivity index (χ4v) is 1.63. The monoisotopic (exact) mass is 328 g/mol. The first-order chi connectivity index (χ1) is 10.3. The molecule has 0 fully saturated rings. The highest BCUT2D eigenvalue weighted by Gasteiger charge is 2.02. The van der Waals surface area contributed by atoms with Gasteiger partial charge in [-0.05, 0) is 26.7 Å². The zero-order chi connectivity index (χ0) is 17.4. The van der Waals surface area contributed by atoms with Crippen LogP contribution in [0.25, 0.3) is 0 Å². The van der Waals surface area contributed by atoms with E-state index in [0.717, 1.165) is 25.7 Å². The minimum atomic E-state index is 0. The highest BCUT2D eigenvalue weighted by molar-refractivity contribution is 5.85. The average Bonchev–Trinajstić information content (AvgIpc) is 2.47. The van der Waals surface area contributed by atoms with Gasteiger partial charge in [0, 0.05) is 38.5 Å². The van der Waals surface area contributed by atoms with Crippen molar-refractivity contribution in [1.82, 2.24) is 0 Å². The number of hydrogen-bond acceptors (Lipinski definition) is 4. The van der Waals surface area contributed by atoms with Crippen molar-refractivity contribution in [3.8, 4) is 0 Å². The molecule has 0 atom stereocenters. The molecule has 0 spiro atoms. The third-order valence-corrected chi connectivity index (χ3v) is 3.13. The number of Topliss-reactive ketones (excluding diaryl/α,β-unsaturated/α-hetero) is 4. The summed E-state index contributed by atoms with van der Waals surface area (Å²) >= 11 is 0. The molecule has 0 radical (unpaired) electrons. The van der Waals surface area contributed by atoms with E-state index in [0.29, 0.717) is 38.5 Å². The summed E-state index contributed by atoms with van der Waals surface area (Å²) in [5.41, 5.74) is 0. The van der Waals surface area contributed by atoms with E-state index in [1.54, 1.807) is 0 Å². The molecule has 0 aliphatic heterocycles. The summed E-state index contributed by atoms with van der Waals surface area (Å²) in [5.74, 6) is 0.661. The second kappa shape index (κ2) is 18.7. The maximum Gasteiger partial charge on any atom is 0.133 e. The second-order valence-electron chi connectivity index (χ2n) is 5.69. The predicted molar refractivity (Wildman–Crippen MR) is 95.6 cm³/mol. The SMILES string of the molecule is C.CCCCC(=O)CCC(C)=O.CCCCC(=O)CCC(C)=O. The Kier molecular flexibility index (Phi) is 21.6. The van der Waals surface area contributed by atoms with Crippen LogP contribution < -0.4 is 0 Å². The van der Waals surface area contributed by atoms with Crippen molar-refractivity contribution in [2.75, 3.05) is 0 Å². The van der Waals surface area contributed by atoms with E-state index in [1.807, 2.05) is 0 Å². The lowest BCUT2D eigenvalue weighted by Crippen LogP contribution is -2.00. The molecule has 4 nitrogen and oxygen atoms in total. The lowest BCUT2D eigenvalue weighted by Gasteiger charge is -1.96. The van der Waals surface area contributed by atoms with Crippen molar-refractivity contribution in [2.24, 2.45) is 0 Å². The summed E-state index contributed by atoms with van der Waals surface area (Å²) < 4.78 is 0. The number of ketones is 4. The van der Waals surface area contributed by atoms with Crippen LogP contribution in [-0.4, -0.2) is 23.1 Å². The van der Waals surface area contributed by atoms with Gasteiger partial charge in [0.1, 0.15) is 23.1 Å². The molecule has 0 rings (SSSR count). The Bertz CT molecular complexity index is 311. The number of carbonyl (C=O) groups is 4. The standard InChI is InChI=1S/2C9H16O2.CH4/c2*1-3-4-5-9(11)7-6-8(2)10;/h2*3-7H2,1-2H3;1H4. The fraction of sp³-hybridized carbons (Fsp3) is 0.789. The molecule has 23 heavy (non-hydrogen) atoms. The molecule has 0 aliphatic carbocycles. The Hall–Kier alpha value is -1.32. The van der Waals surface area contributed by atoms with Crippen LogP contribution in [0.1, 0.15) is 99.3 Å². The van der Waals surface area contributed by atoms with Gasteiger partial charge in [0.05, 0.1) is 0 Å². The normalized spacial score (nSPS) is 9.22. The minimum Gasteiger partial charge on any atom is -0.300 e. The molecular formula is C19H36O4. The van der Waals surface area contributed by atoms with Gasteiger partial charge in [0.15, 0.2) is 0 Å². The van der Waals surface area contributed by atoms with E-state index < -0.39 is 0 Å². The van der Waals surface area contributed by atoms with Crippen LogP contribution in [0.15, 0.2) is 0 Å². The molecule has 0 aliphatic rings. The van der Waals surface area contributed by atoms with Gasteiger partial charge in [-0.25, -0.2) is 0 Å². The maximum atomic E-state index is 11.0. The Morgan fingerprint density at radius 3 is 1.09 bits per heavy atom. The molecule has 0 aromatic heterocycles. The Morgan fingerprint density at radius 2 is 0.870 bits per heavy atom. The van der Waals surface area contributed by atoms with Crippen molar-refractivity contribution in [2.45, 2.75) is 99.3 Å². The molecule has 0 bridgehead atoms. The summed E-state index contributed by atoms with van der Waals surface area (Å²) in [6, 6.07) is 0. The van der Waals surface area contributed by atoms with E-state index in [4.69, 9.17) is 0 Å². The molecule has 0 amide bonds. The van der Waals surface area contributed by atoms with Gasteiger partial charge in [-0.15, -0.1) is 0 Å². The third kappa shape index (κ3) is 25.9. The average molecular weight is 328 g/mol. The lowest BCUT2D eigenvalue weighted by molar-refractivity contribution is -0.123. The number of unbranched alkanes of at least 4 members (excludes halogenated alkanes) is 2. The van der Waals surface area contributed by atoms with Crippen LogP contribution in [0.3, 0.4) is 0 Å². The van der Waals surface area contributed by atoms with Crippen LogP contribution in [-0.2, 0) is 19.2 Å². The van der Waals surface area contributed by atoms with E-state index >= 15 is 0 Å². The summed E-state index contributed by atoms with van der Waals surface area (Å²) in [4.78, 5) is 42.8. The molecule has 4 heteroatoms. The summed E-state index contributed by atoms with van der Waals surface area (Å²) in [6.45, 7) is 7.15. The van der Waals surface area contributed by atoms with E-state index in [-0.39, 0.29) is 30.6 Å². The number of hydrogen-bond donors (Lipinski definition) is 0. The summed E-state index contributed by atoms with van der Waals surface area (Å²) in [5, 5.41) is 0. The molecule has 136 valence electrons. The minimum absolute atomic E-state index is 0. The van der Waals surface area contributed by atoms with Gasteiger partial charge < -0.3 is 9.59 Å². The molecule has 0 saturated heterocycles. The highest BCUT2D eigenvalue weighted by Crippen LogP contribution is 2.01. The van der Waals surface area contributed by atoms with Crippen LogP contribution in [0, 0.1) is 0 Å². The molecule has 0 heterocycles. The molecule has 0 aromatic carbocycles. The summed E-state index contributed by atoms with van der Waals surface area (Å²) in [7, 11) is 0. The maximum absolute atomic E-state index is 11.0. The first-order valence-corrected chi connectivity index (χ1v) is 8.35. The quantitative estimate of drug-likeness (QED) is 0.512. The topological polar surface area (TPSA) is 68.3 Å². The van der Waals surface area contributed by atoms with Gasteiger partial charge in [-0.3, -0.25) is 9.59 Å². The van der Waals surface area contributed by atoms with Crippen LogP contribution in [0.5, 0.6) is 0 Å². The molecule has 0 aromatic rings. The number of rotatable bonds is 12. The lowest BCUT2D eigenvalue weighted by atomic mass is 10.1. The van der Waals surface area contributed by atoms with Crippen molar-refractivity contribution in [1.29, 1.82) is 0 Å². The largest absolute Gasteiger partial charge is 0.300 e. The van der Waals surface area contributed by atoms with E-state index in [2.05, 4.69) is 13.8 Å². The van der Waals surface area contributed by atoms with Gasteiger partial charge in [0.2, 0.25) is 0 Å². The smallest absolute Gasteiger partial charge is 0.133 e. The predicted octanol–water partition coefficient (Wildman–Crippen LogP) is 4.87. The van der Waals surface area contributed by atoms with E-state index in [1.165, 1.54) is 13.8 Å². The third-order valence-electron chi connectivity index (χ3n) is 3.13. The Morgan fingerprint density at radius 1 is 0.565 bits per heavy atom. The first-order valence-electron chi connectivity index (χ1n) is 8.35. The van der Waals surface area contributed by atoms with Gasteiger partial charge >= 0.3 is 0 Å². The zero-order valence-corrected chi connectivity index (χ0v) is 14.7. The van der Waals surface area contributed by atoms with E-state index in [9.17, 15) is 19.2 Å². The van der Waals surface area contributed by atoms with Crippen molar-refractivity contribution < 1.29 is 19.2 Å². The second-order valence-corrected chi connectivity index (χ2v) is 5.69. The molecule has 0 N–H and O–H groups in total. The zero-order valence-electron chi connectivity index (χ0n) is 14.7. The Balaban J connectivity index is -0.000000333. The summed E-state index contributed by atoms with van der Waals surface area (Å²) in [6.07, 6.45) is 7.01. The van der Waals surface area contributed by atoms with Gasteiger partial charge in [-0.1, -0.05) is 34.1 Å². The molecule has 0 saturated carbocycles. The van der Waals surface area contributed by atoms with Gasteiger partial charge in [0.25, 0.3) is 0 Å². The highest BCUT2D eigenvalue weighted by atomic mass is 16.1. The number of carbonyl (C=O) groups excluding carboxylic acids is 4. The van der Waals surface area contributed by atoms with Gasteiger partial charge in [-0.2, -0.15) is 0 Å². The van der Waals surface area contributed by atoms with Crippen LogP contribution in [0.4, 0.5) is 0 Å². The molecular weight excluding hydrogens is 292 g/mol. The van der Waals surface area contributed by atoms with Crippen molar-refractivity contribution in [3.63, 3.8) is 0 Å². The van der Waals surface area contributed by atoms with Crippen LogP contribution in [0.2, 0.25) is 0 Å². The molecule has 0 unspecified atom stereocenters. The van der Waals surface area contributed by atoms with Crippen molar-refractivity contribution >= 4 is 23.1 Å². The van der Waals surface area contributed by atoms with Crippen molar-refractivity contribution in [3.05, 3.63) is 0 Å². The fourth-order valence-electron chi connectivity index (χ4n) is 1.63.